The zero-order valence-corrected chi connectivity index (χ0v) is 19.8. The molecule has 33 heavy (non-hydrogen) atoms. The number of benzene rings is 2. The number of carbonyl (C=O) groups is 1. The van der Waals surface area contributed by atoms with Gasteiger partial charge < -0.3 is 0 Å². The molecule has 7 nitrogen and oxygen atoms in total. The quantitative estimate of drug-likeness (QED) is 0.201. The summed E-state index contributed by atoms with van der Waals surface area (Å²) in [5.74, 6) is 0.552. The van der Waals surface area contributed by atoms with E-state index in [4.69, 9.17) is 0 Å². The molecule has 2 heterocycles. The van der Waals surface area contributed by atoms with Gasteiger partial charge in [0.25, 0.3) is 5.91 Å². The molecule has 0 saturated carbocycles. The fourth-order valence-electron chi connectivity index (χ4n) is 2.90. The first kappa shape index (κ1) is 22.6. The van der Waals surface area contributed by atoms with E-state index < -0.39 is 0 Å². The van der Waals surface area contributed by atoms with Crippen molar-refractivity contribution in [1.82, 2.24) is 25.2 Å². The molecule has 1 N–H and O–H groups in total. The SMILES string of the molecule is O=C(CSc1nnc(-c2cccnc2)n1-c1ccc(Br)cc1)NN=CC=Cc1ccccc1. The Morgan fingerprint density at radius 3 is 2.64 bits per heavy atom. The van der Waals surface area contributed by atoms with Crippen LogP contribution in [0.1, 0.15) is 5.56 Å². The van der Waals surface area contributed by atoms with Crippen molar-refractivity contribution in [2.45, 2.75) is 5.16 Å². The average molecular weight is 519 g/mol. The number of hydrogen-bond acceptors (Lipinski definition) is 6. The van der Waals surface area contributed by atoms with Crippen LogP contribution in [0.3, 0.4) is 0 Å². The number of thioether (sulfide) groups is 1. The number of rotatable bonds is 8. The van der Waals surface area contributed by atoms with Crippen LogP contribution in [0.25, 0.3) is 23.2 Å². The first-order valence-electron chi connectivity index (χ1n) is 9.99. The van der Waals surface area contributed by atoms with Gasteiger partial charge in [-0.1, -0.05) is 64.1 Å². The number of nitrogens with zero attached hydrogens (tertiary/aromatic N) is 5. The van der Waals surface area contributed by atoms with E-state index in [0.717, 1.165) is 21.3 Å². The van der Waals surface area contributed by atoms with E-state index in [1.54, 1.807) is 24.7 Å². The molecular formula is C24H19BrN6OS. The lowest BCUT2D eigenvalue weighted by atomic mass is 10.2. The molecule has 0 bridgehead atoms. The average Bonchev–Trinajstić information content (AvgIpc) is 3.28. The summed E-state index contributed by atoms with van der Waals surface area (Å²) in [7, 11) is 0. The molecule has 0 atom stereocenters. The fourth-order valence-corrected chi connectivity index (χ4v) is 3.91. The van der Waals surface area contributed by atoms with Gasteiger partial charge in [-0.3, -0.25) is 14.3 Å². The van der Waals surface area contributed by atoms with Crippen LogP contribution >= 0.6 is 27.7 Å². The molecule has 0 radical (unpaired) electrons. The van der Waals surface area contributed by atoms with E-state index in [1.165, 1.54) is 11.8 Å². The molecule has 164 valence electrons. The van der Waals surface area contributed by atoms with Crippen molar-refractivity contribution in [2.75, 3.05) is 5.75 Å². The minimum Gasteiger partial charge on any atom is -0.272 e. The minimum atomic E-state index is -0.238. The summed E-state index contributed by atoms with van der Waals surface area (Å²) in [4.78, 5) is 16.5. The summed E-state index contributed by atoms with van der Waals surface area (Å²) in [6.07, 6.45) is 8.66. The smallest absolute Gasteiger partial charge is 0.250 e. The molecule has 0 aliphatic rings. The molecule has 2 aromatic heterocycles. The van der Waals surface area contributed by atoms with Gasteiger partial charge in [0.1, 0.15) is 0 Å². The Bertz CT molecular complexity index is 1260. The summed E-state index contributed by atoms with van der Waals surface area (Å²) in [6, 6.07) is 21.4. The third-order valence-corrected chi connectivity index (χ3v) is 5.87. The van der Waals surface area contributed by atoms with Crippen LogP contribution in [-0.2, 0) is 4.79 Å². The summed E-state index contributed by atoms with van der Waals surface area (Å²) >= 11 is 4.75. The van der Waals surface area contributed by atoms with E-state index in [2.05, 4.69) is 41.6 Å². The Balaban J connectivity index is 1.44. The van der Waals surface area contributed by atoms with Crippen LogP contribution in [0.5, 0.6) is 0 Å². The molecule has 1 amide bonds. The van der Waals surface area contributed by atoms with Gasteiger partial charge in [0.05, 0.1) is 5.75 Å². The van der Waals surface area contributed by atoms with Gasteiger partial charge >= 0.3 is 0 Å². The summed E-state index contributed by atoms with van der Waals surface area (Å²) in [5, 5.41) is 13.2. The maximum atomic E-state index is 12.3. The van der Waals surface area contributed by atoms with Crippen LogP contribution in [0.15, 0.2) is 99.9 Å². The van der Waals surface area contributed by atoms with Gasteiger partial charge in [0.2, 0.25) is 0 Å². The number of nitrogens with one attached hydrogen (secondary N) is 1. The first-order valence-corrected chi connectivity index (χ1v) is 11.8. The normalized spacial score (nSPS) is 11.3. The van der Waals surface area contributed by atoms with E-state index in [0.29, 0.717) is 11.0 Å². The van der Waals surface area contributed by atoms with Crippen LogP contribution < -0.4 is 5.43 Å². The number of allylic oxidation sites excluding steroid dienone is 1. The summed E-state index contributed by atoms with van der Waals surface area (Å²) < 4.78 is 2.88. The molecule has 0 fully saturated rings. The highest BCUT2D eigenvalue weighted by atomic mass is 79.9. The number of pyridine rings is 1. The Morgan fingerprint density at radius 1 is 1.06 bits per heavy atom. The van der Waals surface area contributed by atoms with E-state index in [1.807, 2.05) is 77.4 Å². The lowest BCUT2D eigenvalue weighted by Crippen LogP contribution is -2.19. The lowest BCUT2D eigenvalue weighted by molar-refractivity contribution is -0.118. The van der Waals surface area contributed by atoms with Crippen LogP contribution in [0, 0.1) is 0 Å². The topological polar surface area (TPSA) is 85.1 Å². The molecule has 2 aromatic carbocycles. The molecule has 0 aliphatic heterocycles. The van der Waals surface area contributed by atoms with Crippen LogP contribution in [0.4, 0.5) is 0 Å². The van der Waals surface area contributed by atoms with Gasteiger partial charge in [-0.05, 0) is 48.0 Å². The Labute approximate surface area is 203 Å². The molecule has 4 rings (SSSR count). The van der Waals surface area contributed by atoms with Crippen molar-refractivity contribution in [3.8, 4) is 17.1 Å². The number of halogens is 1. The van der Waals surface area contributed by atoms with Crippen LogP contribution in [-0.4, -0.2) is 37.6 Å². The highest BCUT2D eigenvalue weighted by Gasteiger charge is 2.17. The number of hydrazone groups is 1. The van der Waals surface area contributed by atoms with Crippen molar-refractivity contribution in [1.29, 1.82) is 0 Å². The van der Waals surface area contributed by atoms with Gasteiger partial charge in [-0.15, -0.1) is 10.2 Å². The van der Waals surface area contributed by atoms with Gasteiger partial charge in [-0.2, -0.15) is 5.10 Å². The second-order valence-electron chi connectivity index (χ2n) is 6.73. The Hall–Kier alpha value is -3.56. The molecule has 0 saturated heterocycles. The molecule has 4 aromatic rings. The second kappa shape index (κ2) is 11.3. The fraction of sp³-hybridized carbons (Fsp3) is 0.0417. The Morgan fingerprint density at radius 2 is 1.88 bits per heavy atom. The highest BCUT2D eigenvalue weighted by Crippen LogP contribution is 2.28. The first-order chi connectivity index (χ1) is 16.2. The number of carbonyl (C=O) groups excluding carboxylic acids is 1. The summed E-state index contributed by atoms with van der Waals surface area (Å²) in [5.41, 5.74) is 5.30. The molecule has 0 unspecified atom stereocenters. The molecule has 0 aliphatic carbocycles. The van der Waals surface area contributed by atoms with Gasteiger partial charge in [-0.25, -0.2) is 5.43 Å². The van der Waals surface area contributed by atoms with E-state index in [-0.39, 0.29) is 11.7 Å². The Kier molecular flexibility index (Phi) is 7.78. The van der Waals surface area contributed by atoms with Crippen molar-refractivity contribution in [3.05, 3.63) is 95.2 Å². The maximum Gasteiger partial charge on any atom is 0.250 e. The van der Waals surface area contributed by atoms with Crippen molar-refractivity contribution in [3.63, 3.8) is 0 Å². The minimum absolute atomic E-state index is 0.140. The number of aromatic nitrogens is 4. The van der Waals surface area contributed by atoms with Crippen LogP contribution in [0.2, 0.25) is 0 Å². The largest absolute Gasteiger partial charge is 0.272 e. The zero-order valence-electron chi connectivity index (χ0n) is 17.4. The predicted octanol–water partition coefficient (Wildman–Crippen LogP) is 5.00. The number of hydrogen-bond donors (Lipinski definition) is 1. The number of amides is 1. The van der Waals surface area contributed by atoms with Crippen molar-refractivity contribution < 1.29 is 4.79 Å². The zero-order chi connectivity index (χ0) is 22.9. The van der Waals surface area contributed by atoms with Gasteiger partial charge in [0.15, 0.2) is 11.0 Å². The van der Waals surface area contributed by atoms with Gasteiger partial charge in [0, 0.05) is 34.3 Å². The highest BCUT2D eigenvalue weighted by molar-refractivity contribution is 9.10. The molecule has 0 spiro atoms. The maximum absolute atomic E-state index is 12.3. The molecular weight excluding hydrogens is 500 g/mol. The third-order valence-electron chi connectivity index (χ3n) is 4.41. The third kappa shape index (κ3) is 6.24. The molecule has 9 heteroatoms. The predicted molar refractivity (Wildman–Crippen MR) is 135 cm³/mol. The lowest BCUT2D eigenvalue weighted by Gasteiger charge is -2.10. The summed E-state index contributed by atoms with van der Waals surface area (Å²) in [6.45, 7) is 0. The van der Waals surface area contributed by atoms with E-state index in [9.17, 15) is 4.79 Å². The van der Waals surface area contributed by atoms with Crippen molar-refractivity contribution in [2.24, 2.45) is 5.10 Å². The second-order valence-corrected chi connectivity index (χ2v) is 8.59. The standard InChI is InChI=1S/C24H19BrN6OS/c25-20-10-12-21(13-11-20)31-23(19-9-5-14-26-16-19)29-30-24(31)33-17-22(32)28-27-15-4-8-18-6-2-1-3-7-18/h1-16H,17H2,(H,28,32). The van der Waals surface area contributed by atoms with Crippen molar-refractivity contribution >= 4 is 45.9 Å². The monoisotopic (exact) mass is 518 g/mol. The van der Waals surface area contributed by atoms with E-state index >= 15 is 0 Å².